The summed E-state index contributed by atoms with van der Waals surface area (Å²) in [6, 6.07) is 9.81. The van der Waals surface area contributed by atoms with Crippen LogP contribution in [0.4, 0.5) is 10.5 Å². The van der Waals surface area contributed by atoms with Crippen molar-refractivity contribution in [1.82, 2.24) is 10.1 Å². The summed E-state index contributed by atoms with van der Waals surface area (Å²) < 4.78 is 5.14. The molecule has 22 heavy (non-hydrogen) atoms. The van der Waals surface area contributed by atoms with Gasteiger partial charge in [0.15, 0.2) is 0 Å². The van der Waals surface area contributed by atoms with E-state index < -0.39 is 0 Å². The Balaban J connectivity index is 1.70. The highest BCUT2D eigenvalue weighted by Gasteiger charge is 2.32. The number of urea groups is 1. The van der Waals surface area contributed by atoms with Gasteiger partial charge in [-0.15, -0.1) is 0 Å². The lowest BCUT2D eigenvalue weighted by Gasteiger charge is -2.23. The number of rotatable bonds is 3. The fourth-order valence-corrected chi connectivity index (χ4v) is 2.88. The van der Waals surface area contributed by atoms with Gasteiger partial charge in [0, 0.05) is 18.3 Å². The molecule has 1 N–H and O–H groups in total. The van der Waals surface area contributed by atoms with Crippen molar-refractivity contribution in [2.75, 3.05) is 11.9 Å². The Hall–Kier alpha value is -2.30. The lowest BCUT2D eigenvalue weighted by atomic mass is 10.1. The lowest BCUT2D eigenvalue weighted by Crippen LogP contribution is -2.34. The first kappa shape index (κ1) is 14.6. The van der Waals surface area contributed by atoms with Crippen LogP contribution in [0.3, 0.4) is 0 Å². The van der Waals surface area contributed by atoms with Crippen molar-refractivity contribution in [3.8, 4) is 0 Å². The number of hydrogen-bond donors (Lipinski definition) is 1. The van der Waals surface area contributed by atoms with E-state index in [1.165, 1.54) is 5.56 Å². The molecular formula is C17H21N3O2. The van der Waals surface area contributed by atoms with Gasteiger partial charge in [0.1, 0.15) is 11.5 Å². The lowest BCUT2D eigenvalue weighted by molar-refractivity contribution is 0.204. The molecule has 2 amide bonds. The molecule has 1 aromatic carbocycles. The zero-order valence-corrected chi connectivity index (χ0v) is 13.0. The summed E-state index contributed by atoms with van der Waals surface area (Å²) in [5.41, 5.74) is 2.92. The van der Waals surface area contributed by atoms with Crippen LogP contribution < -0.4 is 5.32 Å². The van der Waals surface area contributed by atoms with Crippen LogP contribution in [0.15, 0.2) is 34.9 Å². The molecule has 0 spiro atoms. The molecular weight excluding hydrogens is 278 g/mol. The minimum atomic E-state index is -0.0765. The number of anilines is 1. The quantitative estimate of drug-likeness (QED) is 0.934. The molecule has 116 valence electrons. The summed E-state index contributed by atoms with van der Waals surface area (Å²) in [6.07, 6.45) is 2.90. The molecule has 1 saturated heterocycles. The molecule has 0 aliphatic carbocycles. The summed E-state index contributed by atoms with van der Waals surface area (Å²) in [4.78, 5) is 14.4. The molecule has 1 atom stereocenters. The first-order valence-corrected chi connectivity index (χ1v) is 7.77. The third-order valence-corrected chi connectivity index (χ3v) is 4.11. The number of amides is 2. The van der Waals surface area contributed by atoms with Crippen LogP contribution in [0, 0.1) is 6.92 Å². The number of likely N-dealkylation sites (tertiary alicyclic amines) is 1. The number of carbonyl (C=O) groups excluding carboxylic acids is 1. The predicted octanol–water partition coefficient (Wildman–Crippen LogP) is 3.91. The van der Waals surface area contributed by atoms with E-state index in [0.717, 1.165) is 42.9 Å². The maximum Gasteiger partial charge on any atom is 0.322 e. The van der Waals surface area contributed by atoms with Gasteiger partial charge in [0.2, 0.25) is 0 Å². The largest absolute Gasteiger partial charge is 0.361 e. The Kier molecular flexibility index (Phi) is 4.13. The standard InChI is InChI=1S/C17H21N3O2/c1-3-13-6-8-14(9-7-13)18-17(21)20-10-4-5-16(20)15-11-12(2)22-19-15/h6-9,11,16H,3-5,10H2,1-2H3,(H,18,21)/t16-/m1/s1. The minimum absolute atomic E-state index is 0.00682. The van der Waals surface area contributed by atoms with Gasteiger partial charge in [0.05, 0.1) is 6.04 Å². The molecule has 0 saturated carbocycles. The molecule has 0 unspecified atom stereocenters. The molecule has 5 heteroatoms. The monoisotopic (exact) mass is 299 g/mol. The van der Waals surface area contributed by atoms with Gasteiger partial charge >= 0.3 is 6.03 Å². The third kappa shape index (κ3) is 2.98. The molecule has 1 aliphatic rings. The van der Waals surface area contributed by atoms with Crippen molar-refractivity contribution in [2.24, 2.45) is 0 Å². The second-order valence-corrected chi connectivity index (χ2v) is 5.69. The zero-order chi connectivity index (χ0) is 15.5. The normalized spacial score (nSPS) is 17.7. The SMILES string of the molecule is CCc1ccc(NC(=O)N2CCC[C@@H]2c2cc(C)on2)cc1. The number of carbonyl (C=O) groups is 1. The number of nitrogens with one attached hydrogen (secondary N) is 1. The van der Waals surface area contributed by atoms with Crippen LogP contribution in [0.5, 0.6) is 0 Å². The molecule has 0 bridgehead atoms. The molecule has 0 radical (unpaired) electrons. The van der Waals surface area contributed by atoms with Gasteiger partial charge in [0.25, 0.3) is 0 Å². The molecule has 2 aromatic rings. The number of benzene rings is 1. The van der Waals surface area contributed by atoms with Crippen LogP contribution in [-0.4, -0.2) is 22.6 Å². The van der Waals surface area contributed by atoms with Crippen LogP contribution in [0.25, 0.3) is 0 Å². The van der Waals surface area contributed by atoms with Gasteiger partial charge < -0.3 is 14.7 Å². The maximum absolute atomic E-state index is 12.5. The van der Waals surface area contributed by atoms with Crippen molar-refractivity contribution in [1.29, 1.82) is 0 Å². The van der Waals surface area contributed by atoms with Crippen molar-refractivity contribution in [3.63, 3.8) is 0 Å². The second kappa shape index (κ2) is 6.22. The van der Waals surface area contributed by atoms with Crippen LogP contribution in [0.1, 0.15) is 42.8 Å². The third-order valence-electron chi connectivity index (χ3n) is 4.11. The van der Waals surface area contributed by atoms with E-state index in [0.29, 0.717) is 0 Å². The number of hydrogen-bond acceptors (Lipinski definition) is 3. The van der Waals surface area contributed by atoms with Gasteiger partial charge in [-0.2, -0.15) is 0 Å². The summed E-state index contributed by atoms with van der Waals surface area (Å²) in [5.74, 6) is 0.775. The Morgan fingerprint density at radius 1 is 1.41 bits per heavy atom. The fraction of sp³-hybridized carbons (Fsp3) is 0.412. The van der Waals surface area contributed by atoms with Crippen LogP contribution >= 0.6 is 0 Å². The molecule has 2 heterocycles. The van der Waals surface area contributed by atoms with Crippen LogP contribution in [0.2, 0.25) is 0 Å². The number of nitrogens with zero attached hydrogens (tertiary/aromatic N) is 2. The van der Waals surface area contributed by atoms with E-state index in [-0.39, 0.29) is 12.1 Å². The number of aromatic nitrogens is 1. The first-order chi connectivity index (χ1) is 10.7. The molecule has 5 nitrogen and oxygen atoms in total. The van der Waals surface area contributed by atoms with Gasteiger partial charge in [-0.1, -0.05) is 24.2 Å². The number of aryl methyl sites for hydroxylation is 2. The van der Waals surface area contributed by atoms with E-state index in [1.807, 2.05) is 42.2 Å². The van der Waals surface area contributed by atoms with E-state index in [2.05, 4.69) is 17.4 Å². The summed E-state index contributed by atoms with van der Waals surface area (Å²) in [7, 11) is 0. The summed E-state index contributed by atoms with van der Waals surface area (Å²) >= 11 is 0. The molecule has 1 aliphatic heterocycles. The Labute approximate surface area is 130 Å². The first-order valence-electron chi connectivity index (χ1n) is 7.77. The Bertz CT molecular complexity index is 648. The molecule has 1 aromatic heterocycles. The maximum atomic E-state index is 12.5. The molecule has 3 rings (SSSR count). The Morgan fingerprint density at radius 2 is 2.18 bits per heavy atom. The summed E-state index contributed by atoms with van der Waals surface area (Å²) in [5, 5.41) is 7.03. The highest BCUT2D eigenvalue weighted by molar-refractivity contribution is 5.89. The van der Waals surface area contributed by atoms with Gasteiger partial charge in [-0.25, -0.2) is 4.79 Å². The predicted molar refractivity (Wildman–Crippen MR) is 84.8 cm³/mol. The average molecular weight is 299 g/mol. The van der Waals surface area contributed by atoms with Crippen LogP contribution in [-0.2, 0) is 6.42 Å². The topological polar surface area (TPSA) is 58.4 Å². The average Bonchev–Trinajstić information content (AvgIpc) is 3.16. The smallest absolute Gasteiger partial charge is 0.322 e. The zero-order valence-electron chi connectivity index (χ0n) is 13.0. The van der Waals surface area contributed by atoms with Crippen molar-refractivity contribution < 1.29 is 9.32 Å². The Morgan fingerprint density at radius 3 is 2.82 bits per heavy atom. The van der Waals surface area contributed by atoms with Crippen molar-refractivity contribution >= 4 is 11.7 Å². The molecule has 1 fully saturated rings. The van der Waals surface area contributed by atoms with E-state index in [9.17, 15) is 4.79 Å². The van der Waals surface area contributed by atoms with Crippen molar-refractivity contribution in [2.45, 2.75) is 39.2 Å². The van der Waals surface area contributed by atoms with Gasteiger partial charge in [-0.05, 0) is 43.9 Å². The highest BCUT2D eigenvalue weighted by atomic mass is 16.5. The van der Waals surface area contributed by atoms with E-state index >= 15 is 0 Å². The minimum Gasteiger partial charge on any atom is -0.361 e. The fourth-order valence-electron chi connectivity index (χ4n) is 2.88. The highest BCUT2D eigenvalue weighted by Crippen LogP contribution is 2.32. The van der Waals surface area contributed by atoms with E-state index in [1.54, 1.807) is 0 Å². The van der Waals surface area contributed by atoms with E-state index in [4.69, 9.17) is 4.52 Å². The summed E-state index contributed by atoms with van der Waals surface area (Å²) in [6.45, 7) is 4.73. The van der Waals surface area contributed by atoms with Crippen molar-refractivity contribution in [3.05, 3.63) is 47.3 Å². The second-order valence-electron chi connectivity index (χ2n) is 5.69. The van der Waals surface area contributed by atoms with Gasteiger partial charge in [-0.3, -0.25) is 0 Å².